The third kappa shape index (κ3) is 3.90. The molecule has 120 valence electrons. The van der Waals surface area contributed by atoms with Crippen LogP contribution < -0.4 is 10.2 Å². The Labute approximate surface area is 143 Å². The van der Waals surface area contributed by atoms with Gasteiger partial charge in [-0.3, -0.25) is 4.79 Å². The Morgan fingerprint density at radius 2 is 1.96 bits per heavy atom. The summed E-state index contributed by atoms with van der Waals surface area (Å²) >= 11 is 11.6. The molecule has 8 heteroatoms. The molecule has 0 saturated carbocycles. The summed E-state index contributed by atoms with van der Waals surface area (Å²) in [6.07, 6.45) is 2.99. The zero-order valence-corrected chi connectivity index (χ0v) is 13.6. The van der Waals surface area contributed by atoms with Crippen LogP contribution in [0.15, 0.2) is 30.6 Å². The van der Waals surface area contributed by atoms with Crippen LogP contribution in [0.25, 0.3) is 0 Å². The zero-order valence-electron chi connectivity index (χ0n) is 12.1. The molecule has 1 amide bonds. The number of hydrogen-bond acceptors (Lipinski definition) is 5. The lowest BCUT2D eigenvalue weighted by atomic mass is 10.2. The van der Waals surface area contributed by atoms with E-state index >= 15 is 0 Å². The van der Waals surface area contributed by atoms with Crippen molar-refractivity contribution in [3.8, 4) is 0 Å². The predicted octanol–water partition coefficient (Wildman–Crippen LogP) is 2.87. The van der Waals surface area contributed by atoms with Crippen LogP contribution in [0.5, 0.6) is 0 Å². The first kappa shape index (κ1) is 16.0. The molecule has 23 heavy (non-hydrogen) atoms. The fraction of sp³-hybridized carbons (Fsp3) is 0.267. The highest BCUT2D eigenvalue weighted by Crippen LogP contribution is 2.21. The van der Waals surface area contributed by atoms with E-state index in [-0.39, 0.29) is 16.1 Å². The lowest BCUT2D eigenvalue weighted by Crippen LogP contribution is -2.36. The van der Waals surface area contributed by atoms with E-state index in [0.717, 1.165) is 18.9 Å². The lowest BCUT2D eigenvalue weighted by molar-refractivity contribution is 0.102. The molecule has 0 aliphatic carbocycles. The minimum atomic E-state index is -0.322. The van der Waals surface area contributed by atoms with Crippen molar-refractivity contribution in [2.24, 2.45) is 0 Å². The quantitative estimate of drug-likeness (QED) is 0.860. The molecule has 1 fully saturated rings. The van der Waals surface area contributed by atoms with Crippen molar-refractivity contribution in [3.05, 3.63) is 46.3 Å². The fourth-order valence-electron chi connectivity index (χ4n) is 2.19. The number of ether oxygens (including phenoxy) is 1. The Morgan fingerprint density at radius 3 is 2.61 bits per heavy atom. The van der Waals surface area contributed by atoms with Crippen LogP contribution in [0.3, 0.4) is 0 Å². The number of anilines is 2. The molecule has 3 heterocycles. The maximum absolute atomic E-state index is 12.2. The lowest BCUT2D eigenvalue weighted by Gasteiger charge is -2.27. The van der Waals surface area contributed by atoms with Gasteiger partial charge in [-0.15, -0.1) is 0 Å². The first-order chi connectivity index (χ1) is 11.1. The second-order valence-electron chi connectivity index (χ2n) is 4.96. The van der Waals surface area contributed by atoms with Gasteiger partial charge in [-0.2, -0.15) is 0 Å². The van der Waals surface area contributed by atoms with Gasteiger partial charge in [-0.1, -0.05) is 23.2 Å². The van der Waals surface area contributed by atoms with Gasteiger partial charge in [-0.25, -0.2) is 9.97 Å². The van der Waals surface area contributed by atoms with Crippen LogP contribution in [-0.2, 0) is 4.74 Å². The average Bonchev–Trinajstić information content (AvgIpc) is 2.59. The first-order valence-corrected chi connectivity index (χ1v) is 7.80. The Kier molecular flexibility index (Phi) is 4.95. The maximum atomic E-state index is 12.2. The minimum Gasteiger partial charge on any atom is -0.378 e. The Hall–Kier alpha value is -1.89. The third-order valence-electron chi connectivity index (χ3n) is 3.40. The van der Waals surface area contributed by atoms with Crippen LogP contribution in [0.2, 0.25) is 10.2 Å². The van der Waals surface area contributed by atoms with Crippen molar-refractivity contribution < 1.29 is 9.53 Å². The summed E-state index contributed by atoms with van der Waals surface area (Å²) in [6.45, 7) is 3.02. The number of amides is 1. The highest BCUT2D eigenvalue weighted by molar-refractivity contribution is 6.41. The summed E-state index contributed by atoms with van der Waals surface area (Å²) in [5, 5.41) is 3.15. The number of carbonyl (C=O) groups is 1. The molecule has 0 bridgehead atoms. The van der Waals surface area contributed by atoms with Gasteiger partial charge >= 0.3 is 0 Å². The molecule has 2 aromatic heterocycles. The van der Waals surface area contributed by atoms with Crippen molar-refractivity contribution >= 4 is 40.6 Å². The SMILES string of the molecule is O=C(Nc1ccc(N2CCOCC2)nc1)c1cnc(Cl)c(Cl)c1. The van der Waals surface area contributed by atoms with Gasteiger partial charge in [0.25, 0.3) is 5.91 Å². The Bertz CT molecular complexity index is 703. The van der Waals surface area contributed by atoms with E-state index in [1.54, 1.807) is 12.3 Å². The van der Waals surface area contributed by atoms with Crippen LogP contribution >= 0.6 is 23.2 Å². The molecule has 1 aliphatic heterocycles. The summed E-state index contributed by atoms with van der Waals surface area (Å²) in [5.74, 6) is 0.541. The van der Waals surface area contributed by atoms with E-state index in [2.05, 4.69) is 20.2 Å². The van der Waals surface area contributed by atoms with Gasteiger partial charge in [0.2, 0.25) is 0 Å². The second-order valence-corrected chi connectivity index (χ2v) is 5.72. The van der Waals surface area contributed by atoms with Crippen molar-refractivity contribution in [3.63, 3.8) is 0 Å². The number of nitrogens with one attached hydrogen (secondary N) is 1. The molecule has 0 aromatic carbocycles. The zero-order chi connectivity index (χ0) is 16.2. The molecule has 3 rings (SSSR count). The molecular formula is C15H14Cl2N4O2. The normalized spacial score (nSPS) is 14.6. The largest absolute Gasteiger partial charge is 0.378 e. The number of aromatic nitrogens is 2. The highest BCUT2D eigenvalue weighted by Gasteiger charge is 2.13. The monoisotopic (exact) mass is 352 g/mol. The van der Waals surface area contributed by atoms with E-state index in [1.165, 1.54) is 12.3 Å². The van der Waals surface area contributed by atoms with Gasteiger partial charge in [0.1, 0.15) is 11.0 Å². The smallest absolute Gasteiger partial charge is 0.257 e. The van der Waals surface area contributed by atoms with Crippen molar-refractivity contribution in [2.45, 2.75) is 0 Å². The molecule has 0 atom stereocenters. The number of nitrogens with zero attached hydrogens (tertiary/aromatic N) is 3. The Morgan fingerprint density at radius 1 is 1.17 bits per heavy atom. The summed E-state index contributed by atoms with van der Waals surface area (Å²) in [4.78, 5) is 22.5. The Balaban J connectivity index is 1.67. The van der Waals surface area contributed by atoms with Gasteiger partial charge in [0.15, 0.2) is 0 Å². The first-order valence-electron chi connectivity index (χ1n) is 7.04. The average molecular weight is 353 g/mol. The van der Waals surface area contributed by atoms with Gasteiger partial charge in [-0.05, 0) is 18.2 Å². The number of pyridine rings is 2. The van der Waals surface area contributed by atoms with Gasteiger partial charge in [0, 0.05) is 19.3 Å². The molecule has 0 radical (unpaired) electrons. The molecule has 6 nitrogen and oxygen atoms in total. The van der Waals surface area contributed by atoms with Crippen LogP contribution in [0.1, 0.15) is 10.4 Å². The van der Waals surface area contributed by atoms with Crippen molar-refractivity contribution in [2.75, 3.05) is 36.5 Å². The number of morpholine rings is 1. The van der Waals surface area contributed by atoms with Gasteiger partial charge in [0.05, 0.1) is 35.7 Å². The molecule has 1 N–H and O–H groups in total. The molecule has 1 aliphatic rings. The van der Waals surface area contributed by atoms with Crippen LogP contribution in [0.4, 0.5) is 11.5 Å². The van der Waals surface area contributed by atoms with E-state index in [9.17, 15) is 4.79 Å². The van der Waals surface area contributed by atoms with Crippen LogP contribution in [0, 0.1) is 0 Å². The van der Waals surface area contributed by atoms with E-state index in [0.29, 0.717) is 24.5 Å². The summed E-state index contributed by atoms with van der Waals surface area (Å²) in [5.41, 5.74) is 0.926. The van der Waals surface area contributed by atoms with Gasteiger partial charge < -0.3 is 15.0 Å². The molecule has 0 spiro atoms. The third-order valence-corrected chi connectivity index (χ3v) is 4.09. The van der Waals surface area contributed by atoms with Crippen molar-refractivity contribution in [1.82, 2.24) is 9.97 Å². The number of rotatable bonds is 3. The topological polar surface area (TPSA) is 67.4 Å². The molecule has 1 saturated heterocycles. The fourth-order valence-corrected chi connectivity index (χ4v) is 2.46. The van der Waals surface area contributed by atoms with E-state index in [4.69, 9.17) is 27.9 Å². The summed E-state index contributed by atoms with van der Waals surface area (Å²) in [7, 11) is 0. The standard InChI is InChI=1S/C15H14Cl2N4O2/c16-12-7-10(8-19-14(12)17)15(22)20-11-1-2-13(18-9-11)21-3-5-23-6-4-21/h1-2,7-9H,3-6H2,(H,20,22). The number of halogens is 2. The maximum Gasteiger partial charge on any atom is 0.257 e. The minimum absolute atomic E-state index is 0.166. The molecule has 0 unspecified atom stereocenters. The number of hydrogen-bond donors (Lipinski definition) is 1. The van der Waals surface area contributed by atoms with E-state index in [1.807, 2.05) is 6.07 Å². The second kappa shape index (κ2) is 7.12. The predicted molar refractivity (Wildman–Crippen MR) is 89.5 cm³/mol. The molecular weight excluding hydrogens is 339 g/mol. The van der Waals surface area contributed by atoms with Crippen LogP contribution in [-0.4, -0.2) is 42.2 Å². The number of carbonyl (C=O) groups excluding carboxylic acids is 1. The highest BCUT2D eigenvalue weighted by atomic mass is 35.5. The molecule has 2 aromatic rings. The summed E-state index contributed by atoms with van der Waals surface area (Å²) < 4.78 is 5.31. The van der Waals surface area contributed by atoms with E-state index < -0.39 is 0 Å². The van der Waals surface area contributed by atoms with Crippen molar-refractivity contribution in [1.29, 1.82) is 0 Å². The summed E-state index contributed by atoms with van der Waals surface area (Å²) in [6, 6.07) is 5.15.